The second-order valence-electron chi connectivity index (χ2n) is 4.20. The maximum atomic E-state index is 10.1. The highest BCUT2D eigenvalue weighted by Crippen LogP contribution is 2.67. The van der Waals surface area contributed by atoms with Gasteiger partial charge >= 0.3 is 0 Å². The van der Waals surface area contributed by atoms with E-state index in [1.54, 1.807) is 5.01 Å². The largest absolute Gasteiger partial charge is 0.260 e. The van der Waals surface area contributed by atoms with Gasteiger partial charge in [-0.3, -0.25) is 5.01 Å². The standard InChI is InChI=1S/C7H12N2O/c1-6-3-7(6,2)5-9(4-6)8-10/h3-5H2,1-2H3. The van der Waals surface area contributed by atoms with Gasteiger partial charge in [-0.25, -0.2) is 0 Å². The van der Waals surface area contributed by atoms with Crippen LogP contribution in [-0.2, 0) is 0 Å². The lowest BCUT2D eigenvalue weighted by atomic mass is 10.0. The quantitative estimate of drug-likeness (QED) is 0.516. The maximum absolute atomic E-state index is 10.1. The van der Waals surface area contributed by atoms with Gasteiger partial charge in [-0.2, -0.15) is 0 Å². The van der Waals surface area contributed by atoms with Crippen LogP contribution in [-0.4, -0.2) is 18.1 Å². The van der Waals surface area contributed by atoms with Gasteiger partial charge in [-0.15, -0.1) is 4.91 Å². The van der Waals surface area contributed by atoms with Gasteiger partial charge in [-0.05, 0) is 17.3 Å². The summed E-state index contributed by atoms with van der Waals surface area (Å²) in [5, 5.41) is 4.58. The zero-order valence-electron chi connectivity index (χ0n) is 6.42. The third-order valence-corrected chi connectivity index (χ3v) is 3.29. The summed E-state index contributed by atoms with van der Waals surface area (Å²) in [7, 11) is 0. The van der Waals surface area contributed by atoms with Crippen molar-refractivity contribution in [3.05, 3.63) is 4.91 Å². The molecule has 1 saturated carbocycles. The summed E-state index contributed by atoms with van der Waals surface area (Å²) in [6, 6.07) is 0. The Morgan fingerprint density at radius 1 is 1.30 bits per heavy atom. The van der Waals surface area contributed by atoms with Crippen LogP contribution < -0.4 is 0 Å². The molecular weight excluding hydrogens is 128 g/mol. The zero-order chi connectivity index (χ0) is 7.41. The van der Waals surface area contributed by atoms with Crippen molar-refractivity contribution in [2.75, 3.05) is 13.1 Å². The normalized spacial score (nSPS) is 50.8. The molecule has 10 heavy (non-hydrogen) atoms. The Balaban J connectivity index is 2.15. The Kier molecular flexibility index (Phi) is 0.833. The van der Waals surface area contributed by atoms with Crippen molar-refractivity contribution < 1.29 is 0 Å². The fourth-order valence-electron chi connectivity index (χ4n) is 2.23. The van der Waals surface area contributed by atoms with E-state index in [0.29, 0.717) is 10.8 Å². The molecule has 3 heteroatoms. The summed E-state index contributed by atoms with van der Waals surface area (Å²) in [5.74, 6) is 0. The van der Waals surface area contributed by atoms with Crippen LogP contribution in [0, 0.1) is 15.7 Å². The number of hydrogen-bond acceptors (Lipinski definition) is 2. The molecule has 2 atom stereocenters. The molecule has 2 aliphatic rings. The smallest absolute Gasteiger partial charge is 0.0524 e. The van der Waals surface area contributed by atoms with Crippen LogP contribution >= 0.6 is 0 Å². The van der Waals surface area contributed by atoms with Crippen LogP contribution in [0.5, 0.6) is 0 Å². The van der Waals surface area contributed by atoms with Crippen molar-refractivity contribution >= 4 is 0 Å². The molecule has 1 saturated heterocycles. The van der Waals surface area contributed by atoms with Gasteiger partial charge in [-0.1, -0.05) is 13.8 Å². The van der Waals surface area contributed by atoms with Crippen molar-refractivity contribution in [3.63, 3.8) is 0 Å². The summed E-state index contributed by atoms with van der Waals surface area (Å²) in [4.78, 5) is 10.1. The summed E-state index contributed by atoms with van der Waals surface area (Å²) in [5.41, 5.74) is 0.807. The molecule has 0 bridgehead atoms. The van der Waals surface area contributed by atoms with Crippen LogP contribution in [0.2, 0.25) is 0 Å². The van der Waals surface area contributed by atoms with Crippen LogP contribution in [0.3, 0.4) is 0 Å². The van der Waals surface area contributed by atoms with Gasteiger partial charge in [0.1, 0.15) is 0 Å². The summed E-state index contributed by atoms with van der Waals surface area (Å²) in [6.07, 6.45) is 1.27. The first-order valence-corrected chi connectivity index (χ1v) is 3.68. The van der Waals surface area contributed by atoms with E-state index < -0.39 is 0 Å². The monoisotopic (exact) mass is 140 g/mol. The highest BCUT2D eigenvalue weighted by Gasteiger charge is 2.66. The summed E-state index contributed by atoms with van der Waals surface area (Å²) in [6.45, 7) is 6.20. The molecule has 56 valence electrons. The number of fused-ring (bicyclic) bond motifs is 1. The van der Waals surface area contributed by atoms with Crippen molar-refractivity contribution in [2.24, 2.45) is 16.1 Å². The van der Waals surface area contributed by atoms with Crippen LogP contribution in [0.25, 0.3) is 0 Å². The second kappa shape index (κ2) is 1.36. The lowest BCUT2D eigenvalue weighted by molar-refractivity contribution is 0.287. The van der Waals surface area contributed by atoms with Gasteiger partial charge in [0, 0.05) is 13.1 Å². The van der Waals surface area contributed by atoms with E-state index in [0.717, 1.165) is 13.1 Å². The lowest BCUT2D eigenvalue weighted by Crippen LogP contribution is -2.17. The molecule has 0 aromatic carbocycles. The first-order valence-electron chi connectivity index (χ1n) is 3.68. The van der Waals surface area contributed by atoms with E-state index in [2.05, 4.69) is 19.1 Å². The molecule has 1 heterocycles. The molecule has 0 aromatic heterocycles. The average Bonchev–Trinajstić information content (AvgIpc) is 2.24. The Labute approximate surface area is 60.3 Å². The first-order chi connectivity index (χ1) is 4.60. The Morgan fingerprint density at radius 2 is 1.80 bits per heavy atom. The van der Waals surface area contributed by atoms with Gasteiger partial charge in [0.15, 0.2) is 0 Å². The molecule has 2 fully saturated rings. The van der Waals surface area contributed by atoms with E-state index in [4.69, 9.17) is 0 Å². The van der Waals surface area contributed by atoms with E-state index in [-0.39, 0.29) is 0 Å². The van der Waals surface area contributed by atoms with E-state index in [1.807, 2.05) is 0 Å². The second-order valence-corrected chi connectivity index (χ2v) is 4.20. The number of piperidine rings is 1. The van der Waals surface area contributed by atoms with E-state index >= 15 is 0 Å². The maximum Gasteiger partial charge on any atom is 0.0524 e. The van der Waals surface area contributed by atoms with Crippen molar-refractivity contribution in [1.82, 2.24) is 5.01 Å². The summed E-state index contributed by atoms with van der Waals surface area (Å²) >= 11 is 0. The van der Waals surface area contributed by atoms with Gasteiger partial charge < -0.3 is 0 Å². The van der Waals surface area contributed by atoms with Crippen LogP contribution in [0.15, 0.2) is 5.29 Å². The third-order valence-electron chi connectivity index (χ3n) is 3.29. The molecule has 0 amide bonds. The SMILES string of the molecule is CC12CN(N=O)CC1(C)C2. The lowest BCUT2D eigenvalue weighted by Gasteiger charge is -2.10. The Hall–Kier alpha value is -0.600. The van der Waals surface area contributed by atoms with Crippen molar-refractivity contribution in [2.45, 2.75) is 20.3 Å². The topological polar surface area (TPSA) is 32.7 Å². The minimum Gasteiger partial charge on any atom is -0.260 e. The van der Waals surface area contributed by atoms with E-state index in [1.165, 1.54) is 6.42 Å². The molecule has 0 radical (unpaired) electrons. The van der Waals surface area contributed by atoms with Crippen molar-refractivity contribution in [1.29, 1.82) is 0 Å². The number of rotatable bonds is 1. The predicted octanol–water partition coefficient (Wildman–Crippen LogP) is 1.40. The van der Waals surface area contributed by atoms with E-state index in [9.17, 15) is 4.91 Å². The number of nitrogens with zero attached hydrogens (tertiary/aromatic N) is 2. The molecule has 0 aromatic rings. The Bertz CT molecular complexity index is 178. The fourth-order valence-corrected chi connectivity index (χ4v) is 2.23. The third kappa shape index (κ3) is 0.509. The summed E-state index contributed by atoms with van der Waals surface area (Å²) < 4.78 is 0. The fraction of sp³-hybridized carbons (Fsp3) is 1.00. The molecule has 0 spiro atoms. The molecule has 2 unspecified atom stereocenters. The molecule has 2 rings (SSSR count). The molecule has 1 aliphatic heterocycles. The number of hydrogen-bond donors (Lipinski definition) is 0. The first kappa shape index (κ1) is 6.13. The van der Waals surface area contributed by atoms with Crippen molar-refractivity contribution in [3.8, 4) is 0 Å². The van der Waals surface area contributed by atoms with Gasteiger partial charge in [0.2, 0.25) is 0 Å². The van der Waals surface area contributed by atoms with Crippen LogP contribution in [0.1, 0.15) is 20.3 Å². The van der Waals surface area contributed by atoms with Crippen LogP contribution in [0.4, 0.5) is 0 Å². The Morgan fingerprint density at radius 3 is 2.10 bits per heavy atom. The molecule has 1 aliphatic carbocycles. The average molecular weight is 140 g/mol. The highest BCUT2D eigenvalue weighted by atomic mass is 16.3. The molecular formula is C7H12N2O. The minimum atomic E-state index is 0.404. The number of nitroso groups, excluding NO2 is 1. The zero-order valence-corrected chi connectivity index (χ0v) is 6.42. The predicted molar refractivity (Wildman–Crippen MR) is 38.2 cm³/mol. The molecule has 3 nitrogen and oxygen atoms in total. The minimum absolute atomic E-state index is 0.404. The highest BCUT2D eigenvalue weighted by molar-refractivity contribution is 5.15. The molecule has 0 N–H and O–H groups in total. The van der Waals surface area contributed by atoms with Gasteiger partial charge in [0.05, 0.1) is 5.29 Å². The van der Waals surface area contributed by atoms with Gasteiger partial charge in [0.25, 0.3) is 0 Å².